The zero-order chi connectivity index (χ0) is 16.9. The number of amides is 2. The van der Waals surface area contributed by atoms with Crippen molar-refractivity contribution in [3.8, 4) is 5.82 Å². The van der Waals surface area contributed by atoms with Crippen molar-refractivity contribution in [2.45, 2.75) is 45.1 Å². The smallest absolute Gasteiger partial charge is 0.322 e. The maximum absolute atomic E-state index is 13.8. The van der Waals surface area contributed by atoms with E-state index in [1.54, 1.807) is 12.3 Å². The minimum absolute atomic E-state index is 0.111. The largest absolute Gasteiger partial charge is 0.323 e. The first-order chi connectivity index (χ1) is 11.7. The van der Waals surface area contributed by atoms with Gasteiger partial charge in [-0.1, -0.05) is 13.3 Å². The number of carbonyl (C=O) groups is 1. The van der Waals surface area contributed by atoms with Gasteiger partial charge in [0.1, 0.15) is 0 Å². The summed E-state index contributed by atoms with van der Waals surface area (Å²) in [5, 5.41) is 7.02. The molecule has 0 radical (unpaired) electrons. The normalized spacial score (nSPS) is 17.8. The molecule has 1 atom stereocenters. The summed E-state index contributed by atoms with van der Waals surface area (Å²) >= 11 is 0. The van der Waals surface area contributed by atoms with Gasteiger partial charge in [0, 0.05) is 31.0 Å². The van der Waals surface area contributed by atoms with Crippen molar-refractivity contribution in [3.63, 3.8) is 0 Å². The van der Waals surface area contributed by atoms with E-state index in [9.17, 15) is 9.18 Å². The third kappa shape index (κ3) is 3.55. The molecule has 0 aliphatic carbocycles. The molecule has 24 heavy (non-hydrogen) atoms. The fraction of sp³-hybridized carbons (Fsp3) is 0.471. The van der Waals surface area contributed by atoms with Crippen LogP contribution in [0.1, 0.15) is 39.0 Å². The number of rotatable bonds is 4. The Kier molecular flexibility index (Phi) is 5.08. The van der Waals surface area contributed by atoms with Gasteiger partial charge in [-0.15, -0.1) is 5.10 Å². The summed E-state index contributed by atoms with van der Waals surface area (Å²) in [7, 11) is 0. The first kappa shape index (κ1) is 16.4. The Morgan fingerprint density at radius 3 is 3.08 bits per heavy atom. The lowest BCUT2D eigenvalue weighted by molar-refractivity contribution is 0.157. The second kappa shape index (κ2) is 7.42. The third-order valence-corrected chi connectivity index (χ3v) is 4.29. The number of likely N-dealkylation sites (tertiary alicyclic amines) is 1. The van der Waals surface area contributed by atoms with Crippen molar-refractivity contribution in [1.29, 1.82) is 0 Å². The van der Waals surface area contributed by atoms with Gasteiger partial charge in [-0.25, -0.2) is 18.9 Å². The summed E-state index contributed by atoms with van der Waals surface area (Å²) in [5.41, 5.74) is 0. The summed E-state index contributed by atoms with van der Waals surface area (Å²) in [5.74, 6) is 0.0447. The molecule has 6 nitrogen and oxygen atoms in total. The molecule has 0 saturated carbocycles. The van der Waals surface area contributed by atoms with Crippen LogP contribution in [0.5, 0.6) is 0 Å². The van der Waals surface area contributed by atoms with Gasteiger partial charge in [0.15, 0.2) is 17.5 Å². The lowest BCUT2D eigenvalue weighted by Gasteiger charge is -2.35. The molecular formula is C17H22FN5O. The minimum Gasteiger partial charge on any atom is -0.322 e. The molecule has 128 valence electrons. The van der Waals surface area contributed by atoms with Crippen LogP contribution in [-0.2, 0) is 0 Å². The molecule has 2 aromatic heterocycles. The number of nitrogens with one attached hydrogen (secondary N) is 1. The average molecular weight is 331 g/mol. The number of nitrogens with zero attached hydrogens (tertiary/aromatic N) is 4. The van der Waals surface area contributed by atoms with E-state index in [1.165, 1.54) is 29.4 Å². The Hall–Kier alpha value is -2.44. The number of aromatic nitrogens is 3. The fourth-order valence-corrected chi connectivity index (χ4v) is 3.14. The summed E-state index contributed by atoms with van der Waals surface area (Å²) < 4.78 is 15.1. The first-order valence-corrected chi connectivity index (χ1v) is 8.43. The van der Waals surface area contributed by atoms with Crippen molar-refractivity contribution in [1.82, 2.24) is 19.7 Å². The Labute approximate surface area is 140 Å². The molecule has 3 rings (SSSR count). The van der Waals surface area contributed by atoms with E-state index >= 15 is 0 Å². The molecule has 1 saturated heterocycles. The van der Waals surface area contributed by atoms with Gasteiger partial charge in [-0.2, -0.15) is 0 Å². The lowest BCUT2D eigenvalue weighted by Crippen LogP contribution is -2.45. The quantitative estimate of drug-likeness (QED) is 0.931. The zero-order valence-corrected chi connectivity index (χ0v) is 13.8. The topological polar surface area (TPSA) is 63.1 Å². The number of halogens is 1. The highest BCUT2D eigenvalue weighted by Gasteiger charge is 2.26. The van der Waals surface area contributed by atoms with Gasteiger partial charge in [0.2, 0.25) is 0 Å². The van der Waals surface area contributed by atoms with Crippen LogP contribution >= 0.6 is 0 Å². The monoisotopic (exact) mass is 331 g/mol. The highest BCUT2D eigenvalue weighted by Crippen LogP contribution is 2.22. The summed E-state index contributed by atoms with van der Waals surface area (Å²) in [6.45, 7) is 2.90. The van der Waals surface area contributed by atoms with E-state index < -0.39 is 5.82 Å². The number of carbonyl (C=O) groups excluding carboxylic acids is 1. The summed E-state index contributed by atoms with van der Waals surface area (Å²) in [6, 6.07) is 4.64. The van der Waals surface area contributed by atoms with Crippen molar-refractivity contribution >= 4 is 11.8 Å². The Balaban J connectivity index is 1.70. The van der Waals surface area contributed by atoms with Gasteiger partial charge in [-0.05, 0) is 37.8 Å². The second-order valence-electron chi connectivity index (χ2n) is 6.02. The summed E-state index contributed by atoms with van der Waals surface area (Å²) in [4.78, 5) is 18.4. The van der Waals surface area contributed by atoms with Gasteiger partial charge in [-0.3, -0.25) is 5.32 Å². The fourth-order valence-electron chi connectivity index (χ4n) is 3.14. The number of hydrogen-bond donors (Lipinski definition) is 1. The predicted molar refractivity (Wildman–Crippen MR) is 89.6 cm³/mol. The van der Waals surface area contributed by atoms with Gasteiger partial charge in [0.25, 0.3) is 0 Å². The van der Waals surface area contributed by atoms with E-state index in [0.29, 0.717) is 11.9 Å². The van der Waals surface area contributed by atoms with Crippen LogP contribution in [0.4, 0.5) is 15.0 Å². The Bertz CT molecular complexity index is 700. The SMILES string of the molecule is CCCC1CCCCN1C(=O)Nc1ccn(-c2ncccc2F)n1. The molecule has 0 aromatic carbocycles. The zero-order valence-electron chi connectivity index (χ0n) is 13.8. The van der Waals surface area contributed by atoms with Gasteiger partial charge < -0.3 is 4.90 Å². The molecule has 3 heterocycles. The first-order valence-electron chi connectivity index (χ1n) is 8.43. The van der Waals surface area contributed by atoms with E-state index in [1.807, 2.05) is 4.90 Å². The Morgan fingerprint density at radius 1 is 1.42 bits per heavy atom. The Morgan fingerprint density at radius 2 is 2.29 bits per heavy atom. The third-order valence-electron chi connectivity index (χ3n) is 4.29. The van der Waals surface area contributed by atoms with Gasteiger partial charge in [0.05, 0.1) is 0 Å². The molecule has 1 N–H and O–H groups in total. The maximum Gasteiger partial charge on any atom is 0.323 e. The van der Waals surface area contributed by atoms with Crippen molar-refractivity contribution in [3.05, 3.63) is 36.4 Å². The van der Waals surface area contributed by atoms with Crippen LogP contribution in [0, 0.1) is 5.82 Å². The van der Waals surface area contributed by atoms with Crippen LogP contribution < -0.4 is 5.32 Å². The highest BCUT2D eigenvalue weighted by atomic mass is 19.1. The average Bonchev–Trinajstić information content (AvgIpc) is 3.04. The van der Waals surface area contributed by atoms with Crippen LogP contribution in [0.25, 0.3) is 5.82 Å². The molecule has 2 aromatic rings. The van der Waals surface area contributed by atoms with Crippen LogP contribution in [0.2, 0.25) is 0 Å². The molecular weight excluding hydrogens is 309 g/mol. The van der Waals surface area contributed by atoms with Crippen LogP contribution in [0.15, 0.2) is 30.6 Å². The predicted octanol–water partition coefficient (Wildman–Crippen LogP) is 3.59. The highest BCUT2D eigenvalue weighted by molar-refractivity contribution is 5.88. The van der Waals surface area contributed by atoms with Gasteiger partial charge >= 0.3 is 6.03 Å². The van der Waals surface area contributed by atoms with Crippen molar-refractivity contribution in [2.75, 3.05) is 11.9 Å². The maximum atomic E-state index is 13.8. The number of hydrogen-bond acceptors (Lipinski definition) is 3. The molecule has 0 bridgehead atoms. The molecule has 2 amide bonds. The molecule has 1 unspecified atom stereocenters. The van der Waals surface area contributed by atoms with E-state index in [4.69, 9.17) is 0 Å². The molecule has 1 fully saturated rings. The summed E-state index contributed by atoms with van der Waals surface area (Å²) in [6.07, 6.45) is 8.41. The number of anilines is 1. The van der Waals surface area contributed by atoms with E-state index in [0.717, 1.165) is 32.2 Å². The van der Waals surface area contributed by atoms with E-state index in [2.05, 4.69) is 22.3 Å². The lowest BCUT2D eigenvalue weighted by atomic mass is 9.99. The minimum atomic E-state index is -0.461. The molecule has 1 aliphatic rings. The standard InChI is InChI=1S/C17H22FN5O/c1-2-6-13-7-3-4-11-22(13)17(24)20-15-9-12-23(21-15)16-14(18)8-5-10-19-16/h5,8-10,12-13H,2-4,6-7,11H2,1H3,(H,20,21,24). The number of urea groups is 1. The molecule has 1 aliphatic heterocycles. The van der Waals surface area contributed by atoms with Crippen LogP contribution in [-0.4, -0.2) is 38.3 Å². The van der Waals surface area contributed by atoms with Crippen molar-refractivity contribution < 1.29 is 9.18 Å². The number of pyridine rings is 1. The second-order valence-corrected chi connectivity index (χ2v) is 6.02. The van der Waals surface area contributed by atoms with Crippen molar-refractivity contribution in [2.24, 2.45) is 0 Å². The number of piperidine rings is 1. The van der Waals surface area contributed by atoms with Crippen LogP contribution in [0.3, 0.4) is 0 Å². The van der Waals surface area contributed by atoms with E-state index in [-0.39, 0.29) is 11.8 Å². The molecule has 0 spiro atoms. The molecule has 7 heteroatoms.